The van der Waals surface area contributed by atoms with Gasteiger partial charge in [0, 0.05) is 18.8 Å². The fourth-order valence-electron chi connectivity index (χ4n) is 2.98. The van der Waals surface area contributed by atoms with Crippen molar-refractivity contribution in [3.63, 3.8) is 0 Å². The molecule has 2 rings (SSSR count). The van der Waals surface area contributed by atoms with E-state index >= 15 is 0 Å². The molecule has 0 aliphatic carbocycles. The Bertz CT molecular complexity index is 545. The third-order valence-electron chi connectivity index (χ3n) is 4.24. The molecule has 1 aliphatic heterocycles. The lowest BCUT2D eigenvalue weighted by Gasteiger charge is -2.30. The molecule has 0 spiro atoms. The lowest BCUT2D eigenvalue weighted by Crippen LogP contribution is -2.37. The second-order valence-electron chi connectivity index (χ2n) is 6.35. The average molecular weight is 333 g/mol. The van der Waals surface area contributed by atoms with E-state index in [1.54, 1.807) is 24.3 Å². The predicted molar refractivity (Wildman–Crippen MR) is 94.3 cm³/mol. The molecule has 0 aromatic heterocycles. The van der Waals surface area contributed by atoms with Gasteiger partial charge in [0.05, 0.1) is 12.7 Å². The number of carbonyl (C=O) groups excluding carboxylic acids is 2. The van der Waals surface area contributed by atoms with Crippen molar-refractivity contribution in [2.45, 2.75) is 26.2 Å². The van der Waals surface area contributed by atoms with Gasteiger partial charge in [0.15, 0.2) is 0 Å². The molecule has 1 heterocycles. The quantitative estimate of drug-likeness (QED) is 0.620. The van der Waals surface area contributed by atoms with Gasteiger partial charge in [0.25, 0.3) is 0 Å². The zero-order valence-corrected chi connectivity index (χ0v) is 14.5. The van der Waals surface area contributed by atoms with Crippen LogP contribution in [0, 0.1) is 5.92 Å². The molecular weight excluding hydrogens is 306 g/mol. The SMILES string of the molecule is COC(=O)c1ccc(NC(=O)NCCCN2CCC[C@H](C)C2)cc1. The molecule has 1 saturated heterocycles. The first-order valence-electron chi connectivity index (χ1n) is 8.54. The van der Waals surface area contributed by atoms with Crippen molar-refractivity contribution in [2.75, 3.05) is 38.6 Å². The molecule has 2 N–H and O–H groups in total. The van der Waals surface area contributed by atoms with E-state index in [0.717, 1.165) is 18.9 Å². The molecule has 2 amide bonds. The third kappa shape index (κ3) is 5.85. The van der Waals surface area contributed by atoms with Gasteiger partial charge in [-0.1, -0.05) is 6.92 Å². The third-order valence-corrected chi connectivity index (χ3v) is 4.24. The number of nitrogens with zero attached hydrogens (tertiary/aromatic N) is 1. The number of anilines is 1. The molecule has 1 aliphatic rings. The molecule has 6 nitrogen and oxygen atoms in total. The molecule has 1 aromatic carbocycles. The number of rotatable bonds is 6. The lowest BCUT2D eigenvalue weighted by atomic mass is 10.0. The second-order valence-corrected chi connectivity index (χ2v) is 6.35. The maximum atomic E-state index is 11.9. The van der Waals surface area contributed by atoms with Crippen LogP contribution in [-0.2, 0) is 4.74 Å². The van der Waals surface area contributed by atoms with Crippen molar-refractivity contribution >= 4 is 17.7 Å². The van der Waals surface area contributed by atoms with Gasteiger partial charge in [-0.3, -0.25) is 0 Å². The molecule has 0 bridgehead atoms. The number of hydrogen-bond donors (Lipinski definition) is 2. The van der Waals surface area contributed by atoms with Crippen molar-refractivity contribution in [3.8, 4) is 0 Å². The van der Waals surface area contributed by atoms with E-state index in [2.05, 4.69) is 27.2 Å². The number of carbonyl (C=O) groups is 2. The van der Waals surface area contributed by atoms with Gasteiger partial charge < -0.3 is 20.3 Å². The van der Waals surface area contributed by atoms with Crippen LogP contribution in [0.2, 0.25) is 0 Å². The normalized spacial score (nSPS) is 18.0. The van der Waals surface area contributed by atoms with E-state index in [1.807, 2.05) is 0 Å². The summed E-state index contributed by atoms with van der Waals surface area (Å²) >= 11 is 0. The fraction of sp³-hybridized carbons (Fsp3) is 0.556. The Morgan fingerprint density at radius 2 is 2.04 bits per heavy atom. The Morgan fingerprint density at radius 1 is 1.29 bits per heavy atom. The Balaban J connectivity index is 1.65. The van der Waals surface area contributed by atoms with E-state index in [-0.39, 0.29) is 6.03 Å². The van der Waals surface area contributed by atoms with Gasteiger partial charge >= 0.3 is 12.0 Å². The topological polar surface area (TPSA) is 70.7 Å². The number of likely N-dealkylation sites (tertiary alicyclic amines) is 1. The number of piperidine rings is 1. The van der Waals surface area contributed by atoms with Crippen LogP contribution >= 0.6 is 0 Å². The van der Waals surface area contributed by atoms with Gasteiger partial charge in [0.2, 0.25) is 0 Å². The highest BCUT2D eigenvalue weighted by Gasteiger charge is 2.15. The zero-order chi connectivity index (χ0) is 17.4. The van der Waals surface area contributed by atoms with Crippen LogP contribution in [0.15, 0.2) is 24.3 Å². The highest BCUT2D eigenvalue weighted by Crippen LogP contribution is 2.15. The first-order valence-corrected chi connectivity index (χ1v) is 8.54. The number of urea groups is 1. The molecule has 6 heteroatoms. The molecular formula is C18H27N3O3. The number of benzene rings is 1. The average Bonchev–Trinajstić information content (AvgIpc) is 2.59. The van der Waals surface area contributed by atoms with Crippen LogP contribution in [0.3, 0.4) is 0 Å². The molecule has 0 unspecified atom stereocenters. The summed E-state index contributed by atoms with van der Waals surface area (Å²) in [7, 11) is 1.34. The largest absolute Gasteiger partial charge is 0.465 e. The maximum absolute atomic E-state index is 11.9. The van der Waals surface area contributed by atoms with Crippen molar-refractivity contribution in [2.24, 2.45) is 5.92 Å². The number of amides is 2. The van der Waals surface area contributed by atoms with Gasteiger partial charge in [-0.25, -0.2) is 9.59 Å². The molecule has 1 atom stereocenters. The predicted octanol–water partition coefficient (Wildman–Crippen LogP) is 2.72. The van der Waals surface area contributed by atoms with Crippen molar-refractivity contribution in [1.29, 1.82) is 0 Å². The summed E-state index contributed by atoms with van der Waals surface area (Å²) in [6.45, 7) is 6.31. The standard InChI is InChI=1S/C18H27N3O3/c1-14-5-3-11-21(13-14)12-4-10-19-18(23)20-16-8-6-15(7-9-16)17(22)24-2/h6-9,14H,3-5,10-13H2,1-2H3,(H2,19,20,23)/t14-/m0/s1. The molecule has 0 saturated carbocycles. The highest BCUT2D eigenvalue weighted by atomic mass is 16.5. The van der Waals surface area contributed by atoms with Gasteiger partial charge in [-0.05, 0) is 62.5 Å². The number of ether oxygens (including phenoxy) is 1. The summed E-state index contributed by atoms with van der Waals surface area (Å²) in [4.78, 5) is 25.7. The molecule has 1 aromatic rings. The first kappa shape index (κ1) is 18.3. The van der Waals surface area contributed by atoms with E-state index in [1.165, 1.54) is 33.0 Å². The van der Waals surface area contributed by atoms with E-state index < -0.39 is 5.97 Å². The Labute approximate surface area is 143 Å². The molecule has 132 valence electrons. The summed E-state index contributed by atoms with van der Waals surface area (Å²) in [6.07, 6.45) is 3.55. The fourth-order valence-corrected chi connectivity index (χ4v) is 2.98. The monoisotopic (exact) mass is 333 g/mol. The summed E-state index contributed by atoms with van der Waals surface area (Å²) in [5.41, 5.74) is 1.10. The summed E-state index contributed by atoms with van der Waals surface area (Å²) in [5, 5.41) is 5.62. The smallest absolute Gasteiger partial charge is 0.337 e. The van der Waals surface area contributed by atoms with Gasteiger partial charge in [0.1, 0.15) is 0 Å². The second kappa shape index (κ2) is 9.27. The van der Waals surface area contributed by atoms with Gasteiger partial charge in [-0.2, -0.15) is 0 Å². The zero-order valence-electron chi connectivity index (χ0n) is 14.5. The van der Waals surface area contributed by atoms with Crippen LogP contribution < -0.4 is 10.6 Å². The van der Waals surface area contributed by atoms with Crippen molar-refractivity contribution < 1.29 is 14.3 Å². The number of esters is 1. The van der Waals surface area contributed by atoms with Crippen molar-refractivity contribution in [1.82, 2.24) is 10.2 Å². The van der Waals surface area contributed by atoms with Crippen LogP contribution in [0.1, 0.15) is 36.5 Å². The van der Waals surface area contributed by atoms with E-state index in [4.69, 9.17) is 0 Å². The lowest BCUT2D eigenvalue weighted by molar-refractivity contribution is 0.0601. The summed E-state index contributed by atoms with van der Waals surface area (Å²) in [6, 6.07) is 6.38. The number of nitrogens with one attached hydrogen (secondary N) is 2. The Hall–Kier alpha value is -2.08. The minimum Gasteiger partial charge on any atom is -0.465 e. The minimum atomic E-state index is -0.391. The maximum Gasteiger partial charge on any atom is 0.337 e. The van der Waals surface area contributed by atoms with Crippen LogP contribution in [0.5, 0.6) is 0 Å². The van der Waals surface area contributed by atoms with Crippen molar-refractivity contribution in [3.05, 3.63) is 29.8 Å². The van der Waals surface area contributed by atoms with E-state index in [0.29, 0.717) is 17.8 Å². The number of methoxy groups -OCH3 is 1. The van der Waals surface area contributed by atoms with Crippen LogP contribution in [-0.4, -0.2) is 50.2 Å². The minimum absolute atomic E-state index is 0.229. The van der Waals surface area contributed by atoms with Crippen LogP contribution in [0.4, 0.5) is 10.5 Å². The summed E-state index contributed by atoms with van der Waals surface area (Å²) in [5.74, 6) is 0.390. The molecule has 0 radical (unpaired) electrons. The van der Waals surface area contributed by atoms with E-state index in [9.17, 15) is 9.59 Å². The Kier molecular flexibility index (Phi) is 7.06. The first-order chi connectivity index (χ1) is 11.6. The molecule has 1 fully saturated rings. The highest BCUT2D eigenvalue weighted by molar-refractivity contribution is 5.92. The van der Waals surface area contributed by atoms with Gasteiger partial charge in [-0.15, -0.1) is 0 Å². The number of hydrogen-bond acceptors (Lipinski definition) is 4. The Morgan fingerprint density at radius 3 is 2.71 bits per heavy atom. The van der Waals surface area contributed by atoms with Crippen LogP contribution in [0.25, 0.3) is 0 Å². The summed E-state index contributed by atoms with van der Waals surface area (Å²) < 4.78 is 4.64. The molecule has 24 heavy (non-hydrogen) atoms.